The smallest absolute Gasteiger partial charge is 0.241 e. The van der Waals surface area contributed by atoms with E-state index in [1.807, 2.05) is 12.1 Å². The Hall–Kier alpha value is -2.77. The van der Waals surface area contributed by atoms with Crippen LogP contribution in [0.4, 0.5) is 4.39 Å². The summed E-state index contributed by atoms with van der Waals surface area (Å²) in [6.45, 7) is 2.12. The molecule has 0 saturated heterocycles. The van der Waals surface area contributed by atoms with Crippen molar-refractivity contribution in [2.75, 3.05) is 0 Å². The summed E-state index contributed by atoms with van der Waals surface area (Å²) >= 11 is 0. The quantitative estimate of drug-likeness (QED) is 0.670. The summed E-state index contributed by atoms with van der Waals surface area (Å²) in [5, 5.41) is 0. The van der Waals surface area contributed by atoms with Crippen molar-refractivity contribution in [3.8, 4) is 5.75 Å². The van der Waals surface area contributed by atoms with Gasteiger partial charge in [-0.2, -0.15) is 0 Å². The molecule has 0 unspecified atom stereocenters. The molecular formula is C20H19FN2O3S. The van der Waals surface area contributed by atoms with Gasteiger partial charge in [0.2, 0.25) is 10.0 Å². The van der Waals surface area contributed by atoms with Crippen LogP contribution in [0.15, 0.2) is 78.0 Å². The maximum Gasteiger partial charge on any atom is 0.241 e. The van der Waals surface area contributed by atoms with E-state index in [2.05, 4.69) is 9.71 Å². The Bertz CT molecular complexity index is 993. The molecule has 3 aromatic rings. The molecule has 140 valence electrons. The van der Waals surface area contributed by atoms with Gasteiger partial charge in [0, 0.05) is 24.0 Å². The highest BCUT2D eigenvalue weighted by Gasteiger charge is 2.18. The van der Waals surface area contributed by atoms with Gasteiger partial charge in [-0.05, 0) is 48.9 Å². The van der Waals surface area contributed by atoms with Crippen LogP contribution in [0.25, 0.3) is 0 Å². The standard InChI is InChI=1S/C20H19FN2O3S/c1-15(23-27(24,25)20-6-2-5-18(21)12-20)17-7-9-19(10-8-17)26-14-16-4-3-11-22-13-16/h2-13,15,23H,14H2,1H3/t15-/m0/s1. The summed E-state index contributed by atoms with van der Waals surface area (Å²) in [6, 6.07) is 15.3. The van der Waals surface area contributed by atoms with Crippen LogP contribution in [0.1, 0.15) is 24.1 Å². The molecule has 0 fully saturated rings. The van der Waals surface area contributed by atoms with E-state index in [0.717, 1.165) is 17.2 Å². The predicted octanol–water partition coefficient (Wildman–Crippen LogP) is 3.84. The minimum atomic E-state index is -3.81. The van der Waals surface area contributed by atoms with Gasteiger partial charge in [0.25, 0.3) is 0 Å². The van der Waals surface area contributed by atoms with Crippen molar-refractivity contribution in [1.29, 1.82) is 0 Å². The minimum Gasteiger partial charge on any atom is -0.489 e. The second kappa shape index (κ2) is 8.28. The van der Waals surface area contributed by atoms with Crippen LogP contribution in [0.5, 0.6) is 5.75 Å². The number of sulfonamides is 1. The first-order chi connectivity index (χ1) is 12.9. The van der Waals surface area contributed by atoms with E-state index in [4.69, 9.17) is 4.74 Å². The number of nitrogens with one attached hydrogen (secondary N) is 1. The number of pyridine rings is 1. The number of rotatable bonds is 7. The molecule has 0 aliphatic heterocycles. The van der Waals surface area contributed by atoms with E-state index in [1.54, 1.807) is 43.6 Å². The van der Waals surface area contributed by atoms with Crippen LogP contribution in [0.3, 0.4) is 0 Å². The Morgan fingerprint density at radius 2 is 1.89 bits per heavy atom. The summed E-state index contributed by atoms with van der Waals surface area (Å²) in [5.41, 5.74) is 1.72. The van der Waals surface area contributed by atoms with Crippen LogP contribution in [-0.4, -0.2) is 13.4 Å². The monoisotopic (exact) mass is 386 g/mol. The molecule has 3 rings (SSSR count). The normalized spacial score (nSPS) is 12.5. The van der Waals surface area contributed by atoms with Gasteiger partial charge in [-0.1, -0.05) is 24.3 Å². The van der Waals surface area contributed by atoms with Gasteiger partial charge in [0.15, 0.2) is 0 Å². The molecule has 0 saturated carbocycles. The lowest BCUT2D eigenvalue weighted by Gasteiger charge is -2.15. The van der Waals surface area contributed by atoms with E-state index in [1.165, 1.54) is 18.2 Å². The summed E-state index contributed by atoms with van der Waals surface area (Å²) in [6.07, 6.45) is 3.43. The average Bonchev–Trinajstić information content (AvgIpc) is 2.67. The molecule has 0 aliphatic carbocycles. The number of nitrogens with zero attached hydrogens (tertiary/aromatic N) is 1. The van der Waals surface area contributed by atoms with E-state index < -0.39 is 21.9 Å². The van der Waals surface area contributed by atoms with Gasteiger partial charge in [0.1, 0.15) is 18.2 Å². The van der Waals surface area contributed by atoms with Crippen molar-refractivity contribution in [1.82, 2.24) is 9.71 Å². The molecule has 1 aromatic heterocycles. The van der Waals surface area contributed by atoms with Crippen LogP contribution in [0.2, 0.25) is 0 Å². The van der Waals surface area contributed by atoms with Crippen molar-refractivity contribution >= 4 is 10.0 Å². The molecule has 1 atom stereocenters. The molecule has 0 aliphatic rings. The third-order valence-electron chi connectivity index (χ3n) is 3.95. The van der Waals surface area contributed by atoms with Crippen LogP contribution >= 0.6 is 0 Å². The SMILES string of the molecule is C[C@H](NS(=O)(=O)c1cccc(F)c1)c1ccc(OCc2cccnc2)cc1. The Labute approximate surface area is 157 Å². The Balaban J connectivity index is 1.64. The fourth-order valence-corrected chi connectivity index (χ4v) is 3.77. The van der Waals surface area contributed by atoms with Crippen LogP contribution < -0.4 is 9.46 Å². The summed E-state index contributed by atoms with van der Waals surface area (Å²) in [5.74, 6) is 0.0726. The number of hydrogen-bond acceptors (Lipinski definition) is 4. The fourth-order valence-electron chi connectivity index (χ4n) is 2.51. The van der Waals surface area contributed by atoms with Gasteiger partial charge >= 0.3 is 0 Å². The highest BCUT2D eigenvalue weighted by molar-refractivity contribution is 7.89. The van der Waals surface area contributed by atoms with Crippen molar-refractivity contribution in [3.05, 3.63) is 90.0 Å². The number of benzene rings is 2. The van der Waals surface area contributed by atoms with Crippen molar-refractivity contribution in [2.24, 2.45) is 0 Å². The highest BCUT2D eigenvalue weighted by Crippen LogP contribution is 2.21. The zero-order valence-electron chi connectivity index (χ0n) is 14.7. The molecule has 7 heteroatoms. The van der Waals surface area contributed by atoms with Gasteiger partial charge in [-0.25, -0.2) is 17.5 Å². The lowest BCUT2D eigenvalue weighted by atomic mass is 10.1. The van der Waals surface area contributed by atoms with Crippen LogP contribution in [0, 0.1) is 5.82 Å². The van der Waals surface area contributed by atoms with Gasteiger partial charge < -0.3 is 4.74 Å². The summed E-state index contributed by atoms with van der Waals surface area (Å²) in [4.78, 5) is 3.92. The van der Waals surface area contributed by atoms with Gasteiger partial charge in [0.05, 0.1) is 4.90 Å². The van der Waals surface area contributed by atoms with Crippen LogP contribution in [-0.2, 0) is 16.6 Å². The molecule has 0 radical (unpaired) electrons. The Morgan fingerprint density at radius 3 is 2.56 bits per heavy atom. The number of halogens is 1. The van der Waals surface area contributed by atoms with E-state index >= 15 is 0 Å². The van der Waals surface area contributed by atoms with Crippen molar-refractivity contribution < 1.29 is 17.5 Å². The average molecular weight is 386 g/mol. The zero-order chi connectivity index (χ0) is 19.3. The fraction of sp³-hybridized carbons (Fsp3) is 0.150. The first-order valence-electron chi connectivity index (χ1n) is 8.33. The predicted molar refractivity (Wildman–Crippen MR) is 100 cm³/mol. The zero-order valence-corrected chi connectivity index (χ0v) is 15.5. The minimum absolute atomic E-state index is 0.106. The maximum atomic E-state index is 13.3. The Kier molecular flexibility index (Phi) is 5.83. The molecular weight excluding hydrogens is 367 g/mol. The molecule has 1 N–H and O–H groups in total. The summed E-state index contributed by atoms with van der Waals surface area (Å²) in [7, 11) is -3.81. The second-order valence-corrected chi connectivity index (χ2v) is 7.73. The van der Waals surface area contributed by atoms with Crippen molar-refractivity contribution in [3.63, 3.8) is 0 Å². The van der Waals surface area contributed by atoms with E-state index in [9.17, 15) is 12.8 Å². The highest BCUT2D eigenvalue weighted by atomic mass is 32.2. The second-order valence-electron chi connectivity index (χ2n) is 6.02. The lowest BCUT2D eigenvalue weighted by molar-refractivity contribution is 0.305. The Morgan fingerprint density at radius 1 is 1.11 bits per heavy atom. The van der Waals surface area contributed by atoms with Gasteiger partial charge in [-0.15, -0.1) is 0 Å². The van der Waals surface area contributed by atoms with E-state index in [-0.39, 0.29) is 4.90 Å². The molecule has 0 spiro atoms. The molecule has 1 heterocycles. The first-order valence-corrected chi connectivity index (χ1v) is 9.82. The van der Waals surface area contributed by atoms with Crippen molar-refractivity contribution in [2.45, 2.75) is 24.5 Å². The first kappa shape index (κ1) is 19.0. The molecule has 5 nitrogen and oxygen atoms in total. The molecule has 0 bridgehead atoms. The maximum absolute atomic E-state index is 13.3. The molecule has 0 amide bonds. The van der Waals surface area contributed by atoms with E-state index in [0.29, 0.717) is 12.4 Å². The summed E-state index contributed by atoms with van der Waals surface area (Å²) < 4.78 is 46.3. The molecule has 2 aromatic carbocycles. The lowest BCUT2D eigenvalue weighted by Crippen LogP contribution is -2.26. The van der Waals surface area contributed by atoms with Gasteiger partial charge in [-0.3, -0.25) is 4.98 Å². The topological polar surface area (TPSA) is 68.3 Å². The number of aromatic nitrogens is 1. The molecule has 27 heavy (non-hydrogen) atoms. The number of ether oxygens (including phenoxy) is 1. The third-order valence-corrected chi connectivity index (χ3v) is 5.49. The number of hydrogen-bond donors (Lipinski definition) is 1. The third kappa shape index (κ3) is 5.12. The largest absolute Gasteiger partial charge is 0.489 e.